The van der Waals surface area contributed by atoms with Gasteiger partial charge in [0.25, 0.3) is 0 Å². The molecule has 0 unspecified atom stereocenters. The molecule has 47 valence electrons. The first kappa shape index (κ1) is 11.9. The first-order chi connectivity index (χ1) is 3.55. The van der Waals surface area contributed by atoms with Crippen molar-refractivity contribution >= 4 is 41.3 Å². The van der Waals surface area contributed by atoms with Gasteiger partial charge in [-0.05, 0) is 0 Å². The van der Waals surface area contributed by atoms with Crippen molar-refractivity contribution in [2.45, 2.75) is 13.8 Å². The summed E-state index contributed by atoms with van der Waals surface area (Å²) in [6, 6.07) is 0. The van der Waals surface area contributed by atoms with E-state index in [0.717, 1.165) is 0 Å². The first-order valence-corrected chi connectivity index (χ1v) is 2.33. The van der Waals surface area contributed by atoms with Gasteiger partial charge in [-0.15, -0.1) is 0 Å². The number of carbonyl (C=O) groups is 2. The molecule has 1 N–H and O–H groups in total. The van der Waals surface area contributed by atoms with Crippen molar-refractivity contribution < 1.29 is 14.7 Å². The van der Waals surface area contributed by atoms with E-state index in [9.17, 15) is 9.59 Å². The maximum Gasteiger partial charge on any atom is 0.372 e. The number of carbonyl (C=O) groups excluding carboxylic acids is 1. The molecule has 0 aromatic heterocycles. The van der Waals surface area contributed by atoms with E-state index in [-0.39, 0.29) is 29.6 Å². The fraction of sp³-hybridized carbons (Fsp3) is 0.600. The average Bonchev–Trinajstić information content (AvgIpc) is 1.64. The minimum Gasteiger partial charge on any atom is -0.475 e. The van der Waals surface area contributed by atoms with Gasteiger partial charge in [0.05, 0.1) is 0 Å². The third kappa shape index (κ3) is 4.63. The zero-order valence-corrected chi connectivity index (χ0v) is 7.84. The predicted octanol–water partition coefficient (Wildman–Crippen LogP) is -0.0847. The SMILES string of the molecule is CC(C)C(=O)C(=O)O.[Na]. The molecule has 0 saturated carbocycles. The van der Waals surface area contributed by atoms with Crippen LogP contribution in [-0.4, -0.2) is 46.4 Å². The van der Waals surface area contributed by atoms with E-state index in [1.54, 1.807) is 13.8 Å². The molecule has 0 aromatic rings. The second-order valence-electron chi connectivity index (χ2n) is 1.82. The Kier molecular flexibility index (Phi) is 6.56. The molecule has 9 heavy (non-hydrogen) atoms. The molecule has 0 fully saturated rings. The van der Waals surface area contributed by atoms with E-state index in [1.165, 1.54) is 0 Å². The zero-order chi connectivity index (χ0) is 6.73. The molecule has 0 aliphatic rings. The summed E-state index contributed by atoms with van der Waals surface area (Å²) < 4.78 is 0. The summed E-state index contributed by atoms with van der Waals surface area (Å²) in [6.07, 6.45) is 0. The van der Waals surface area contributed by atoms with Crippen LogP contribution >= 0.6 is 0 Å². The summed E-state index contributed by atoms with van der Waals surface area (Å²) in [7, 11) is 0. The van der Waals surface area contributed by atoms with Crippen molar-refractivity contribution in [3.05, 3.63) is 0 Å². The molecule has 1 radical (unpaired) electrons. The van der Waals surface area contributed by atoms with E-state index in [4.69, 9.17) is 5.11 Å². The molecule has 0 heterocycles. The Balaban J connectivity index is 0. The number of Topliss-reactive ketones (excluding diaryl/α,β-unsaturated/α-hetero) is 1. The monoisotopic (exact) mass is 139 g/mol. The number of hydrogen-bond donors (Lipinski definition) is 1. The molecule has 4 heteroatoms. The van der Waals surface area contributed by atoms with Gasteiger partial charge in [-0.2, -0.15) is 0 Å². The molecular weight excluding hydrogens is 131 g/mol. The Morgan fingerprint density at radius 2 is 1.67 bits per heavy atom. The van der Waals surface area contributed by atoms with Crippen LogP contribution in [0.15, 0.2) is 0 Å². The van der Waals surface area contributed by atoms with Gasteiger partial charge >= 0.3 is 5.97 Å². The number of aliphatic carboxylic acids is 1. The molecule has 0 aromatic carbocycles. The van der Waals surface area contributed by atoms with E-state index >= 15 is 0 Å². The Bertz CT molecular complexity index is 119. The number of carboxylic acids is 1. The van der Waals surface area contributed by atoms with Gasteiger partial charge in [-0.3, -0.25) is 4.79 Å². The molecule has 3 nitrogen and oxygen atoms in total. The second-order valence-corrected chi connectivity index (χ2v) is 1.82. The van der Waals surface area contributed by atoms with Crippen LogP contribution in [0.3, 0.4) is 0 Å². The summed E-state index contributed by atoms with van der Waals surface area (Å²) in [5.41, 5.74) is 0. The van der Waals surface area contributed by atoms with E-state index < -0.39 is 17.7 Å². The van der Waals surface area contributed by atoms with E-state index in [0.29, 0.717) is 0 Å². The van der Waals surface area contributed by atoms with Crippen molar-refractivity contribution in [3.63, 3.8) is 0 Å². The van der Waals surface area contributed by atoms with Gasteiger partial charge < -0.3 is 5.11 Å². The van der Waals surface area contributed by atoms with Crippen molar-refractivity contribution in [1.82, 2.24) is 0 Å². The van der Waals surface area contributed by atoms with Gasteiger partial charge in [0.1, 0.15) is 0 Å². The van der Waals surface area contributed by atoms with Gasteiger partial charge in [-0.25, -0.2) is 4.79 Å². The molecule has 0 spiro atoms. The smallest absolute Gasteiger partial charge is 0.372 e. The van der Waals surface area contributed by atoms with Crippen molar-refractivity contribution in [3.8, 4) is 0 Å². The van der Waals surface area contributed by atoms with Crippen molar-refractivity contribution in [1.29, 1.82) is 0 Å². The van der Waals surface area contributed by atoms with Crippen LogP contribution in [0.2, 0.25) is 0 Å². The molecule has 0 rings (SSSR count). The van der Waals surface area contributed by atoms with Crippen LogP contribution in [0.5, 0.6) is 0 Å². The Morgan fingerprint density at radius 3 is 1.67 bits per heavy atom. The van der Waals surface area contributed by atoms with E-state index in [2.05, 4.69) is 0 Å². The molecule has 0 bridgehead atoms. The quantitative estimate of drug-likeness (QED) is 0.430. The van der Waals surface area contributed by atoms with E-state index in [1.807, 2.05) is 0 Å². The third-order valence-electron chi connectivity index (χ3n) is 0.735. The summed E-state index contributed by atoms with van der Waals surface area (Å²) in [6.45, 7) is 3.10. The Morgan fingerprint density at radius 1 is 1.33 bits per heavy atom. The average molecular weight is 139 g/mol. The largest absolute Gasteiger partial charge is 0.475 e. The van der Waals surface area contributed by atoms with Crippen LogP contribution in [0, 0.1) is 5.92 Å². The summed E-state index contributed by atoms with van der Waals surface area (Å²) in [4.78, 5) is 20.0. The maximum absolute atomic E-state index is 10.2. The fourth-order valence-corrected chi connectivity index (χ4v) is 0.247. The fourth-order valence-electron chi connectivity index (χ4n) is 0.247. The zero-order valence-electron chi connectivity index (χ0n) is 5.84. The minimum absolute atomic E-state index is 0. The topological polar surface area (TPSA) is 54.4 Å². The van der Waals surface area contributed by atoms with Crippen LogP contribution in [-0.2, 0) is 9.59 Å². The molecule has 0 aliphatic heterocycles. The molecule has 0 amide bonds. The standard InChI is InChI=1S/C5H8O3.Na/c1-3(2)4(6)5(7)8;/h3H,1-2H3,(H,7,8);. The first-order valence-electron chi connectivity index (χ1n) is 2.33. The van der Waals surface area contributed by atoms with Gasteiger partial charge in [0.2, 0.25) is 5.78 Å². The van der Waals surface area contributed by atoms with Crippen LogP contribution in [0.4, 0.5) is 0 Å². The van der Waals surface area contributed by atoms with Crippen LogP contribution in [0.1, 0.15) is 13.8 Å². The Labute approximate surface area is 75.7 Å². The molecule has 0 atom stereocenters. The maximum atomic E-state index is 10.2. The predicted molar refractivity (Wildman–Crippen MR) is 33.2 cm³/mol. The number of hydrogen-bond acceptors (Lipinski definition) is 2. The molecular formula is C5H8NaO3. The number of rotatable bonds is 2. The normalized spacial score (nSPS) is 8.33. The molecule has 0 saturated heterocycles. The van der Waals surface area contributed by atoms with Gasteiger partial charge in [-0.1, -0.05) is 13.8 Å². The van der Waals surface area contributed by atoms with Crippen molar-refractivity contribution in [2.75, 3.05) is 0 Å². The van der Waals surface area contributed by atoms with Crippen molar-refractivity contribution in [2.24, 2.45) is 5.92 Å². The number of carboxylic acid groups (broad SMARTS) is 1. The minimum atomic E-state index is -1.35. The van der Waals surface area contributed by atoms with Crippen LogP contribution in [0.25, 0.3) is 0 Å². The molecule has 0 aliphatic carbocycles. The summed E-state index contributed by atoms with van der Waals surface area (Å²) in [5, 5.41) is 8.00. The number of ketones is 1. The second kappa shape index (κ2) is 4.97. The van der Waals surface area contributed by atoms with Gasteiger partial charge in [0.15, 0.2) is 0 Å². The summed E-state index contributed by atoms with van der Waals surface area (Å²) >= 11 is 0. The van der Waals surface area contributed by atoms with Crippen LogP contribution < -0.4 is 0 Å². The van der Waals surface area contributed by atoms with Gasteiger partial charge in [0, 0.05) is 35.5 Å². The Hall–Kier alpha value is 0.140. The third-order valence-corrected chi connectivity index (χ3v) is 0.735. The summed E-state index contributed by atoms with van der Waals surface area (Å²) in [5.74, 6) is -2.47.